The van der Waals surface area contributed by atoms with Crippen LogP contribution in [0.4, 0.5) is 0 Å². The molecule has 0 saturated heterocycles. The first-order valence-corrected chi connectivity index (χ1v) is 12.9. The van der Waals surface area contributed by atoms with E-state index in [1.165, 1.54) is 24.3 Å². The zero-order valence-corrected chi connectivity index (χ0v) is 20.6. The molecule has 3 rings (SSSR count). The number of sulfonamides is 1. The van der Waals surface area contributed by atoms with Crippen molar-refractivity contribution < 1.29 is 27.5 Å². The molecule has 3 aromatic rings. The Hall–Kier alpha value is -4.05. The van der Waals surface area contributed by atoms with Crippen LogP contribution in [0.25, 0.3) is 0 Å². The van der Waals surface area contributed by atoms with E-state index in [2.05, 4.69) is 10.3 Å². The van der Waals surface area contributed by atoms with Crippen LogP contribution in [-0.4, -0.2) is 44.3 Å². The average Bonchev–Trinajstić information content (AvgIpc) is 2.88. The van der Waals surface area contributed by atoms with Gasteiger partial charge < -0.3 is 10.1 Å². The molecule has 0 unspecified atom stereocenters. The van der Waals surface area contributed by atoms with Crippen molar-refractivity contribution in [2.45, 2.75) is 31.1 Å². The Morgan fingerprint density at radius 3 is 2.28 bits per heavy atom. The Labute approximate surface area is 210 Å². The first kappa shape index (κ1) is 26.6. The van der Waals surface area contributed by atoms with Gasteiger partial charge in [0.1, 0.15) is 5.69 Å². The van der Waals surface area contributed by atoms with E-state index in [1.807, 2.05) is 42.0 Å². The molecule has 188 valence electrons. The summed E-state index contributed by atoms with van der Waals surface area (Å²) in [6.07, 6.45) is 2.59. The molecule has 0 bridgehead atoms. The SMILES string of the molecule is CCCOC(=O)c1ccc(C(=O)NS(=O)(=O)c2ccc(CCNC(=O)Cc3ccccc3)cc2)cn1. The van der Waals surface area contributed by atoms with E-state index >= 15 is 0 Å². The van der Waals surface area contributed by atoms with Gasteiger partial charge in [-0.1, -0.05) is 49.4 Å². The molecule has 10 heteroatoms. The van der Waals surface area contributed by atoms with Crippen LogP contribution in [-0.2, 0) is 32.4 Å². The number of pyridine rings is 1. The molecule has 0 aliphatic heterocycles. The minimum Gasteiger partial charge on any atom is -0.461 e. The zero-order valence-electron chi connectivity index (χ0n) is 19.8. The summed E-state index contributed by atoms with van der Waals surface area (Å²) in [4.78, 5) is 40.0. The lowest BCUT2D eigenvalue weighted by Crippen LogP contribution is -2.30. The minimum absolute atomic E-state index is 0.0199. The van der Waals surface area contributed by atoms with Crippen LogP contribution in [0.2, 0.25) is 0 Å². The lowest BCUT2D eigenvalue weighted by atomic mass is 10.1. The van der Waals surface area contributed by atoms with E-state index in [4.69, 9.17) is 4.74 Å². The maximum atomic E-state index is 12.6. The monoisotopic (exact) mass is 509 g/mol. The quantitative estimate of drug-likeness (QED) is 0.380. The minimum atomic E-state index is -4.12. The number of nitrogens with one attached hydrogen (secondary N) is 2. The van der Waals surface area contributed by atoms with Crippen molar-refractivity contribution in [2.75, 3.05) is 13.2 Å². The van der Waals surface area contributed by atoms with Crippen LogP contribution in [0.3, 0.4) is 0 Å². The maximum absolute atomic E-state index is 12.6. The average molecular weight is 510 g/mol. The van der Waals surface area contributed by atoms with Gasteiger partial charge in [-0.3, -0.25) is 9.59 Å². The third kappa shape index (κ3) is 7.74. The number of carbonyl (C=O) groups is 3. The molecule has 1 heterocycles. The fraction of sp³-hybridized carbons (Fsp3) is 0.231. The van der Waals surface area contributed by atoms with Gasteiger partial charge in [0.2, 0.25) is 5.91 Å². The highest BCUT2D eigenvalue weighted by Gasteiger charge is 2.19. The van der Waals surface area contributed by atoms with Gasteiger partial charge in [0.25, 0.3) is 15.9 Å². The van der Waals surface area contributed by atoms with Crippen molar-refractivity contribution in [3.8, 4) is 0 Å². The van der Waals surface area contributed by atoms with Crippen LogP contribution >= 0.6 is 0 Å². The number of hydrogen-bond acceptors (Lipinski definition) is 7. The van der Waals surface area contributed by atoms with Crippen LogP contribution < -0.4 is 10.0 Å². The molecular weight excluding hydrogens is 482 g/mol. The zero-order chi connectivity index (χ0) is 26.0. The van der Waals surface area contributed by atoms with Gasteiger partial charge in [-0.05, 0) is 48.2 Å². The summed E-state index contributed by atoms with van der Waals surface area (Å²) >= 11 is 0. The van der Waals surface area contributed by atoms with E-state index < -0.39 is 21.9 Å². The van der Waals surface area contributed by atoms with Crippen molar-refractivity contribution in [1.82, 2.24) is 15.0 Å². The Kier molecular flexibility index (Phi) is 9.29. The number of ether oxygens (including phenoxy) is 1. The molecule has 0 fully saturated rings. The van der Waals surface area contributed by atoms with Crippen molar-refractivity contribution in [3.05, 3.63) is 95.3 Å². The molecule has 2 amide bonds. The first-order valence-electron chi connectivity index (χ1n) is 11.4. The molecule has 36 heavy (non-hydrogen) atoms. The largest absolute Gasteiger partial charge is 0.461 e. The number of nitrogens with zero attached hydrogens (tertiary/aromatic N) is 1. The summed E-state index contributed by atoms with van der Waals surface area (Å²) < 4.78 is 32.2. The van der Waals surface area contributed by atoms with Gasteiger partial charge in [0, 0.05) is 12.7 Å². The van der Waals surface area contributed by atoms with Crippen molar-refractivity contribution >= 4 is 27.8 Å². The van der Waals surface area contributed by atoms with Crippen LogP contribution in [0.5, 0.6) is 0 Å². The van der Waals surface area contributed by atoms with Crippen LogP contribution in [0.1, 0.15) is 45.3 Å². The number of rotatable bonds is 11. The highest BCUT2D eigenvalue weighted by atomic mass is 32.2. The van der Waals surface area contributed by atoms with Crippen molar-refractivity contribution in [3.63, 3.8) is 0 Å². The summed E-state index contributed by atoms with van der Waals surface area (Å²) in [6.45, 7) is 2.52. The molecule has 0 radical (unpaired) electrons. The standard InChI is InChI=1S/C26H27N3O6S/c1-2-16-35-26(32)23-13-10-21(18-28-23)25(31)29-36(33,34)22-11-8-19(9-12-22)14-15-27-24(30)17-20-6-4-3-5-7-20/h3-13,18H,2,14-17H2,1H3,(H,27,30)(H,29,31). The van der Waals surface area contributed by atoms with Crippen molar-refractivity contribution in [2.24, 2.45) is 0 Å². The Morgan fingerprint density at radius 2 is 1.64 bits per heavy atom. The molecule has 0 spiro atoms. The molecular formula is C26H27N3O6S. The third-order valence-electron chi connectivity index (χ3n) is 5.08. The summed E-state index contributed by atoms with van der Waals surface area (Å²) in [7, 11) is -4.12. The second-order valence-electron chi connectivity index (χ2n) is 7.91. The lowest BCUT2D eigenvalue weighted by molar-refractivity contribution is -0.120. The third-order valence-corrected chi connectivity index (χ3v) is 6.42. The second-order valence-corrected chi connectivity index (χ2v) is 9.59. The number of aromatic nitrogens is 1. The molecule has 0 saturated carbocycles. The molecule has 0 aliphatic rings. The highest BCUT2D eigenvalue weighted by Crippen LogP contribution is 2.12. The number of benzene rings is 2. The van der Waals surface area contributed by atoms with E-state index in [-0.39, 0.29) is 28.7 Å². The molecule has 2 N–H and O–H groups in total. The normalized spacial score (nSPS) is 10.9. The van der Waals surface area contributed by atoms with Gasteiger partial charge in [-0.25, -0.2) is 22.9 Å². The van der Waals surface area contributed by atoms with Gasteiger partial charge in [0.15, 0.2) is 0 Å². The van der Waals surface area contributed by atoms with Gasteiger partial charge in [0.05, 0.1) is 23.5 Å². The summed E-state index contributed by atoms with van der Waals surface area (Å²) in [5.74, 6) is -1.59. The highest BCUT2D eigenvalue weighted by molar-refractivity contribution is 7.90. The van der Waals surface area contributed by atoms with E-state index in [0.717, 1.165) is 17.3 Å². The predicted octanol–water partition coefficient (Wildman–Crippen LogP) is 2.67. The Bertz CT molecular complexity index is 1290. The van der Waals surface area contributed by atoms with Gasteiger partial charge in [-0.15, -0.1) is 0 Å². The maximum Gasteiger partial charge on any atom is 0.356 e. The summed E-state index contributed by atoms with van der Waals surface area (Å²) in [6, 6.07) is 18.0. The Morgan fingerprint density at radius 1 is 0.917 bits per heavy atom. The first-order chi connectivity index (χ1) is 17.3. The van der Waals surface area contributed by atoms with Gasteiger partial charge in [-0.2, -0.15) is 0 Å². The second kappa shape index (κ2) is 12.6. The molecule has 9 nitrogen and oxygen atoms in total. The molecule has 2 aromatic carbocycles. The molecule has 0 atom stereocenters. The number of amides is 2. The summed E-state index contributed by atoms with van der Waals surface area (Å²) in [5, 5.41) is 2.84. The van der Waals surface area contributed by atoms with Crippen LogP contribution in [0.15, 0.2) is 77.8 Å². The topological polar surface area (TPSA) is 132 Å². The fourth-order valence-corrected chi connectivity index (χ4v) is 4.16. The predicted molar refractivity (Wildman–Crippen MR) is 133 cm³/mol. The van der Waals surface area contributed by atoms with E-state index in [9.17, 15) is 22.8 Å². The smallest absolute Gasteiger partial charge is 0.356 e. The lowest BCUT2D eigenvalue weighted by Gasteiger charge is -2.09. The number of carbonyl (C=O) groups excluding carboxylic acids is 3. The van der Waals surface area contributed by atoms with Crippen LogP contribution in [0, 0.1) is 0 Å². The summed E-state index contributed by atoms with van der Waals surface area (Å²) in [5.41, 5.74) is 1.76. The van der Waals surface area contributed by atoms with Gasteiger partial charge >= 0.3 is 5.97 Å². The van der Waals surface area contributed by atoms with E-state index in [1.54, 1.807) is 12.1 Å². The molecule has 1 aromatic heterocycles. The molecule has 0 aliphatic carbocycles. The van der Waals surface area contributed by atoms with Crippen molar-refractivity contribution in [1.29, 1.82) is 0 Å². The van der Waals surface area contributed by atoms with E-state index in [0.29, 0.717) is 25.8 Å². The Balaban J connectivity index is 1.51. The number of hydrogen-bond donors (Lipinski definition) is 2. The fourth-order valence-electron chi connectivity index (χ4n) is 3.18. The number of esters is 1.